The number of Topliss-reactive ketones (excluding diaryl/α,β-unsaturated/α-hetero) is 1. The van der Waals surface area contributed by atoms with Crippen LogP contribution in [0.15, 0.2) is 30.3 Å². The first-order valence-corrected chi connectivity index (χ1v) is 15.6. The fourth-order valence-corrected chi connectivity index (χ4v) is 9.66. The van der Waals surface area contributed by atoms with E-state index in [-0.39, 0.29) is 41.8 Å². The molecule has 6 nitrogen and oxygen atoms in total. The standard InChI is InChI=1S/C34H49NO5/c1-22(31(38)39-21-24-9-7-6-8-10-24)35-20-30(37)40-32(3)17-18-33(4)25(19-32)11-12-26-28-14-13-27(23(2)36)34(28,5)16-15-29(26)33/h6-10,22,25-29,35H,11-21H2,1-5H3/t22-,25-,26-,27+,28-,29-,32+,33-,34+/m0/s1. The summed E-state index contributed by atoms with van der Waals surface area (Å²) in [5.41, 5.74) is 0.926. The van der Waals surface area contributed by atoms with Gasteiger partial charge in [-0.2, -0.15) is 0 Å². The number of carbonyl (C=O) groups is 3. The predicted molar refractivity (Wildman–Crippen MR) is 154 cm³/mol. The maximum absolute atomic E-state index is 12.9. The zero-order valence-electron chi connectivity index (χ0n) is 25.2. The van der Waals surface area contributed by atoms with Crippen LogP contribution in [0.3, 0.4) is 0 Å². The molecule has 0 saturated heterocycles. The summed E-state index contributed by atoms with van der Waals surface area (Å²) in [4.78, 5) is 37.7. The molecule has 0 amide bonds. The summed E-state index contributed by atoms with van der Waals surface area (Å²) < 4.78 is 11.5. The van der Waals surface area contributed by atoms with Crippen molar-refractivity contribution in [3.05, 3.63) is 35.9 Å². The number of esters is 2. The maximum atomic E-state index is 12.9. The molecule has 0 unspecified atom stereocenters. The highest BCUT2D eigenvalue weighted by molar-refractivity contribution is 5.79. The van der Waals surface area contributed by atoms with Crippen molar-refractivity contribution in [2.75, 3.05) is 6.54 Å². The zero-order chi connectivity index (χ0) is 28.7. The highest BCUT2D eigenvalue weighted by atomic mass is 16.6. The Morgan fingerprint density at radius 3 is 2.38 bits per heavy atom. The van der Waals surface area contributed by atoms with E-state index in [1.54, 1.807) is 13.8 Å². The second-order valence-electron chi connectivity index (χ2n) is 14.3. The van der Waals surface area contributed by atoms with Crippen molar-refractivity contribution in [2.45, 2.75) is 111 Å². The lowest BCUT2D eigenvalue weighted by molar-refractivity contribution is -0.180. The number of hydrogen-bond acceptors (Lipinski definition) is 6. The molecule has 4 fully saturated rings. The minimum absolute atomic E-state index is 0.0125. The average molecular weight is 552 g/mol. The number of ether oxygens (including phenoxy) is 2. The molecule has 220 valence electrons. The van der Waals surface area contributed by atoms with Crippen molar-refractivity contribution < 1.29 is 23.9 Å². The van der Waals surface area contributed by atoms with E-state index >= 15 is 0 Å². The molecule has 1 aromatic rings. The van der Waals surface area contributed by atoms with Gasteiger partial charge in [0.1, 0.15) is 24.0 Å². The molecule has 5 rings (SSSR count). The van der Waals surface area contributed by atoms with Gasteiger partial charge in [-0.3, -0.25) is 19.7 Å². The molecule has 0 spiro atoms. The Labute approximate surface area is 240 Å². The smallest absolute Gasteiger partial charge is 0.323 e. The van der Waals surface area contributed by atoms with E-state index in [0.717, 1.165) is 37.2 Å². The molecule has 0 aromatic heterocycles. The molecule has 1 aromatic carbocycles. The van der Waals surface area contributed by atoms with Gasteiger partial charge >= 0.3 is 11.9 Å². The molecule has 0 radical (unpaired) electrons. The first-order valence-electron chi connectivity index (χ1n) is 15.6. The van der Waals surface area contributed by atoms with E-state index in [1.807, 2.05) is 30.3 Å². The van der Waals surface area contributed by atoms with Crippen LogP contribution in [0.1, 0.15) is 98.0 Å². The summed E-state index contributed by atoms with van der Waals surface area (Å²) in [6, 6.07) is 8.97. The van der Waals surface area contributed by atoms with Gasteiger partial charge in [0, 0.05) is 5.92 Å². The van der Waals surface area contributed by atoms with Crippen molar-refractivity contribution in [1.29, 1.82) is 0 Å². The minimum atomic E-state index is -0.593. The quantitative estimate of drug-likeness (QED) is 0.384. The zero-order valence-corrected chi connectivity index (χ0v) is 25.2. The van der Waals surface area contributed by atoms with Crippen LogP contribution in [0.4, 0.5) is 0 Å². The van der Waals surface area contributed by atoms with Crippen molar-refractivity contribution >= 4 is 17.7 Å². The highest BCUT2D eigenvalue weighted by Crippen LogP contribution is 2.68. The van der Waals surface area contributed by atoms with Crippen molar-refractivity contribution in [2.24, 2.45) is 40.4 Å². The van der Waals surface area contributed by atoms with Crippen LogP contribution in [0.25, 0.3) is 0 Å². The average Bonchev–Trinajstić information content (AvgIpc) is 3.29. The summed E-state index contributed by atoms with van der Waals surface area (Å²) >= 11 is 0. The number of hydrogen-bond donors (Lipinski definition) is 1. The van der Waals surface area contributed by atoms with Crippen molar-refractivity contribution in [3.63, 3.8) is 0 Å². The third kappa shape index (κ3) is 5.49. The van der Waals surface area contributed by atoms with Crippen LogP contribution in [0.2, 0.25) is 0 Å². The van der Waals surface area contributed by atoms with Crippen LogP contribution in [0, 0.1) is 40.4 Å². The monoisotopic (exact) mass is 551 g/mol. The van der Waals surface area contributed by atoms with E-state index in [9.17, 15) is 14.4 Å². The minimum Gasteiger partial charge on any atom is -0.460 e. The number of carbonyl (C=O) groups excluding carboxylic acids is 3. The van der Waals surface area contributed by atoms with E-state index in [4.69, 9.17) is 9.47 Å². The summed E-state index contributed by atoms with van der Waals surface area (Å²) in [5, 5.41) is 2.99. The Morgan fingerprint density at radius 2 is 1.65 bits per heavy atom. The Bertz CT molecular complexity index is 1100. The lowest BCUT2D eigenvalue weighted by Gasteiger charge is -2.62. The second-order valence-corrected chi connectivity index (χ2v) is 14.3. The van der Waals surface area contributed by atoms with Crippen LogP contribution in [-0.4, -0.2) is 35.9 Å². The fraction of sp³-hybridized carbons (Fsp3) is 0.735. The van der Waals surface area contributed by atoms with Gasteiger partial charge in [-0.05, 0) is 119 Å². The number of fused-ring (bicyclic) bond motifs is 5. The highest BCUT2D eigenvalue weighted by Gasteiger charge is 2.61. The molecule has 0 heterocycles. The molecule has 1 N–H and O–H groups in total. The Kier molecular flexibility index (Phi) is 8.22. The van der Waals surface area contributed by atoms with Gasteiger partial charge in [-0.25, -0.2) is 0 Å². The molecular weight excluding hydrogens is 502 g/mol. The topological polar surface area (TPSA) is 81.7 Å². The molecule has 40 heavy (non-hydrogen) atoms. The molecule has 9 atom stereocenters. The van der Waals surface area contributed by atoms with Crippen LogP contribution >= 0.6 is 0 Å². The summed E-state index contributed by atoms with van der Waals surface area (Å²) in [6.45, 7) is 10.7. The van der Waals surface area contributed by atoms with Gasteiger partial charge in [-0.15, -0.1) is 0 Å². The molecule has 4 aliphatic carbocycles. The van der Waals surface area contributed by atoms with Gasteiger partial charge < -0.3 is 9.47 Å². The number of benzene rings is 1. The largest absolute Gasteiger partial charge is 0.460 e. The molecular formula is C34H49NO5. The van der Waals surface area contributed by atoms with E-state index < -0.39 is 11.6 Å². The Morgan fingerprint density at radius 1 is 0.925 bits per heavy atom. The van der Waals surface area contributed by atoms with Crippen molar-refractivity contribution in [3.8, 4) is 0 Å². The summed E-state index contributed by atoms with van der Waals surface area (Å²) in [7, 11) is 0. The third-order valence-corrected chi connectivity index (χ3v) is 11.9. The van der Waals surface area contributed by atoms with Gasteiger partial charge in [0.05, 0.1) is 6.54 Å². The first kappa shape index (κ1) is 29.3. The molecule has 6 heteroatoms. The Balaban J connectivity index is 1.13. The SMILES string of the molecule is CC(=O)[C@H]1CC[C@H]2[C@@H]3CC[C@H]4C[C@](C)(OC(=O)CN[C@@H](C)C(=O)OCc5ccccc5)CC[C@]4(C)[C@H]3CC[C@]12C. The third-order valence-electron chi connectivity index (χ3n) is 11.9. The molecule has 0 aliphatic heterocycles. The van der Waals surface area contributed by atoms with Crippen LogP contribution in [0.5, 0.6) is 0 Å². The molecule has 4 saturated carbocycles. The lowest BCUT2D eigenvalue weighted by atomic mass is 9.44. The normalized spacial score (nSPS) is 39.3. The number of nitrogens with one attached hydrogen (secondary N) is 1. The number of rotatable bonds is 8. The van der Waals surface area contributed by atoms with E-state index in [2.05, 4.69) is 26.1 Å². The summed E-state index contributed by atoms with van der Waals surface area (Å²) in [6.07, 6.45) is 9.98. The molecule has 0 bridgehead atoms. The van der Waals surface area contributed by atoms with Crippen LogP contribution < -0.4 is 5.32 Å². The predicted octanol–water partition coefficient (Wildman–Crippen LogP) is 6.26. The van der Waals surface area contributed by atoms with Gasteiger partial charge in [0.2, 0.25) is 0 Å². The molecule has 4 aliphatic rings. The van der Waals surface area contributed by atoms with E-state index in [0.29, 0.717) is 23.5 Å². The van der Waals surface area contributed by atoms with Gasteiger partial charge in [0.25, 0.3) is 0 Å². The second kappa shape index (κ2) is 11.2. The van der Waals surface area contributed by atoms with Gasteiger partial charge in [0.15, 0.2) is 0 Å². The number of ketones is 1. The Hall–Kier alpha value is -2.21. The maximum Gasteiger partial charge on any atom is 0.323 e. The van der Waals surface area contributed by atoms with Crippen molar-refractivity contribution in [1.82, 2.24) is 5.32 Å². The van der Waals surface area contributed by atoms with E-state index in [1.165, 1.54) is 32.1 Å². The van der Waals surface area contributed by atoms with Crippen LogP contribution in [-0.2, 0) is 30.5 Å². The first-order chi connectivity index (χ1) is 18.9. The summed E-state index contributed by atoms with van der Waals surface area (Å²) in [5.74, 6) is 2.62. The lowest BCUT2D eigenvalue weighted by Crippen LogP contribution is -2.56. The fourth-order valence-electron chi connectivity index (χ4n) is 9.66. The van der Waals surface area contributed by atoms with Gasteiger partial charge in [-0.1, -0.05) is 44.2 Å².